The highest BCUT2D eigenvalue weighted by Crippen LogP contribution is 2.41. The van der Waals surface area contributed by atoms with Crippen LogP contribution in [0.5, 0.6) is 0 Å². The molecule has 3 aliphatic heterocycles. The van der Waals surface area contributed by atoms with Crippen LogP contribution in [0.1, 0.15) is 39.5 Å². The number of hydrogen-bond acceptors (Lipinski definition) is 5. The van der Waals surface area contributed by atoms with Crippen LogP contribution < -0.4 is 15.5 Å². The van der Waals surface area contributed by atoms with E-state index in [1.54, 1.807) is 11.8 Å². The van der Waals surface area contributed by atoms with Crippen molar-refractivity contribution < 1.29 is 23.9 Å². The number of hydrogen-bond donors (Lipinski definition) is 3. The standard InChI is InChI=1S/C25H36FN5O4/c1-17-16-31(21-5-3-19(26)4-6-21)14-13-29(17)10-7-20-15-25(23(33)28-20)8-11-30(12-9-25)22(32)18(2)27-24(34)35/h3-6,17-18,20,27H,7-16H2,1-2H3,(H,28,33)(H,34,35)/t17-,18-,20-/m0/s1. The van der Waals surface area contributed by atoms with Crippen molar-refractivity contribution >= 4 is 23.6 Å². The summed E-state index contributed by atoms with van der Waals surface area (Å²) in [6, 6.07) is 6.34. The van der Waals surface area contributed by atoms with E-state index in [9.17, 15) is 18.8 Å². The van der Waals surface area contributed by atoms with Gasteiger partial charge in [-0.2, -0.15) is 0 Å². The molecule has 0 saturated carbocycles. The van der Waals surface area contributed by atoms with Gasteiger partial charge >= 0.3 is 6.09 Å². The maximum absolute atomic E-state index is 13.2. The molecule has 1 aromatic carbocycles. The van der Waals surface area contributed by atoms with Gasteiger partial charge in [0.15, 0.2) is 0 Å². The molecular weight excluding hydrogens is 453 g/mol. The SMILES string of the molecule is C[C@H](NC(=O)O)C(=O)N1CCC2(CC1)C[C@H](CCN1CCN(c3ccc(F)cc3)C[C@@H]1C)NC2=O. The van der Waals surface area contributed by atoms with E-state index in [0.717, 1.165) is 44.7 Å². The fourth-order valence-corrected chi connectivity index (χ4v) is 5.77. The lowest BCUT2D eigenvalue weighted by Gasteiger charge is -2.41. The Bertz CT molecular complexity index is 934. The molecule has 10 heteroatoms. The third kappa shape index (κ3) is 5.69. The van der Waals surface area contributed by atoms with Crippen LogP contribution in [0.2, 0.25) is 0 Å². The van der Waals surface area contributed by atoms with E-state index in [1.807, 2.05) is 12.1 Å². The van der Waals surface area contributed by atoms with Crippen LogP contribution >= 0.6 is 0 Å². The van der Waals surface area contributed by atoms with Gasteiger partial charge in [-0.05, 0) is 63.8 Å². The molecule has 0 unspecified atom stereocenters. The number of likely N-dealkylation sites (tertiary alicyclic amines) is 1. The Kier molecular flexibility index (Phi) is 7.49. The number of piperazine rings is 1. The molecule has 0 radical (unpaired) electrons. The first-order valence-corrected chi connectivity index (χ1v) is 12.5. The summed E-state index contributed by atoms with van der Waals surface area (Å²) in [6.07, 6.45) is 1.65. The van der Waals surface area contributed by atoms with Gasteiger partial charge in [-0.15, -0.1) is 0 Å². The number of piperidine rings is 1. The van der Waals surface area contributed by atoms with E-state index in [2.05, 4.69) is 27.4 Å². The molecule has 192 valence electrons. The second-order valence-corrected chi connectivity index (χ2v) is 10.2. The molecule has 0 aliphatic carbocycles. The van der Waals surface area contributed by atoms with E-state index in [1.165, 1.54) is 12.1 Å². The fourth-order valence-electron chi connectivity index (χ4n) is 5.77. The van der Waals surface area contributed by atoms with Crippen molar-refractivity contribution in [2.45, 2.75) is 57.7 Å². The van der Waals surface area contributed by atoms with Gasteiger partial charge in [-0.3, -0.25) is 14.5 Å². The van der Waals surface area contributed by atoms with Gasteiger partial charge in [0.25, 0.3) is 0 Å². The summed E-state index contributed by atoms with van der Waals surface area (Å²) < 4.78 is 13.2. The lowest BCUT2D eigenvalue weighted by Crippen LogP contribution is -2.52. The summed E-state index contributed by atoms with van der Waals surface area (Å²) in [5.41, 5.74) is 0.610. The molecule has 3 aliphatic rings. The normalized spacial score (nSPS) is 25.4. The van der Waals surface area contributed by atoms with E-state index in [0.29, 0.717) is 32.0 Å². The number of halogens is 1. The van der Waals surface area contributed by atoms with Crippen LogP contribution in [0.4, 0.5) is 14.9 Å². The van der Waals surface area contributed by atoms with Gasteiger partial charge in [0, 0.05) is 57.0 Å². The average molecular weight is 490 g/mol. The molecule has 0 bridgehead atoms. The third-order valence-electron chi connectivity index (χ3n) is 7.92. The summed E-state index contributed by atoms with van der Waals surface area (Å²) in [6.45, 7) is 8.27. The number of carboxylic acid groups (broad SMARTS) is 1. The van der Waals surface area contributed by atoms with Crippen molar-refractivity contribution in [2.75, 3.05) is 44.2 Å². The predicted octanol–water partition coefficient (Wildman–Crippen LogP) is 1.88. The molecule has 0 aromatic heterocycles. The monoisotopic (exact) mass is 489 g/mol. The molecule has 3 atom stereocenters. The van der Waals surface area contributed by atoms with E-state index in [4.69, 9.17) is 5.11 Å². The highest BCUT2D eigenvalue weighted by molar-refractivity contribution is 5.87. The first-order chi connectivity index (χ1) is 16.7. The van der Waals surface area contributed by atoms with Crippen molar-refractivity contribution in [1.82, 2.24) is 20.4 Å². The van der Waals surface area contributed by atoms with Crippen LogP contribution in [0.25, 0.3) is 0 Å². The van der Waals surface area contributed by atoms with Gasteiger partial charge in [0.2, 0.25) is 11.8 Å². The molecule has 4 rings (SSSR count). The van der Waals surface area contributed by atoms with Crippen molar-refractivity contribution in [2.24, 2.45) is 5.41 Å². The summed E-state index contributed by atoms with van der Waals surface area (Å²) in [5.74, 6) is -0.384. The number of carbonyl (C=O) groups excluding carboxylic acids is 2. The van der Waals surface area contributed by atoms with Crippen LogP contribution in [-0.2, 0) is 9.59 Å². The van der Waals surface area contributed by atoms with Gasteiger partial charge in [-0.1, -0.05) is 0 Å². The Morgan fingerprint density at radius 3 is 2.51 bits per heavy atom. The minimum Gasteiger partial charge on any atom is -0.465 e. The van der Waals surface area contributed by atoms with Crippen molar-refractivity contribution in [3.63, 3.8) is 0 Å². The second-order valence-electron chi connectivity index (χ2n) is 10.2. The Balaban J connectivity index is 1.24. The van der Waals surface area contributed by atoms with Crippen LogP contribution in [0, 0.1) is 11.2 Å². The minimum absolute atomic E-state index is 0.0838. The molecule has 3 N–H and O–H groups in total. The highest BCUT2D eigenvalue weighted by Gasteiger charge is 2.48. The maximum Gasteiger partial charge on any atom is 0.405 e. The molecule has 1 aromatic rings. The molecular formula is C25H36FN5O4. The zero-order chi connectivity index (χ0) is 25.2. The number of carbonyl (C=O) groups is 3. The van der Waals surface area contributed by atoms with Gasteiger partial charge in [0.05, 0.1) is 5.41 Å². The first kappa shape index (κ1) is 25.2. The minimum atomic E-state index is -1.22. The first-order valence-electron chi connectivity index (χ1n) is 12.5. The number of nitrogens with one attached hydrogen (secondary N) is 2. The van der Waals surface area contributed by atoms with Gasteiger partial charge in [-0.25, -0.2) is 9.18 Å². The molecule has 3 saturated heterocycles. The third-order valence-corrected chi connectivity index (χ3v) is 7.92. The summed E-state index contributed by atoms with van der Waals surface area (Å²) in [4.78, 5) is 42.6. The molecule has 3 fully saturated rings. The molecule has 3 heterocycles. The maximum atomic E-state index is 13.2. The molecule has 3 amide bonds. The van der Waals surface area contributed by atoms with Gasteiger partial charge in [0.1, 0.15) is 11.9 Å². The lowest BCUT2D eigenvalue weighted by molar-refractivity contribution is -0.139. The highest BCUT2D eigenvalue weighted by atomic mass is 19.1. The smallest absolute Gasteiger partial charge is 0.405 e. The van der Waals surface area contributed by atoms with E-state index >= 15 is 0 Å². The number of amides is 3. The Hall–Kier alpha value is -2.88. The Labute approximate surface area is 205 Å². The predicted molar refractivity (Wildman–Crippen MR) is 130 cm³/mol. The number of benzene rings is 1. The molecule has 9 nitrogen and oxygen atoms in total. The Morgan fingerprint density at radius 2 is 1.89 bits per heavy atom. The quantitative estimate of drug-likeness (QED) is 0.564. The average Bonchev–Trinajstić information content (AvgIpc) is 3.12. The fraction of sp³-hybridized carbons (Fsp3) is 0.640. The van der Waals surface area contributed by atoms with E-state index < -0.39 is 17.6 Å². The van der Waals surface area contributed by atoms with E-state index in [-0.39, 0.29) is 23.7 Å². The zero-order valence-corrected chi connectivity index (χ0v) is 20.5. The van der Waals surface area contributed by atoms with Gasteiger partial charge < -0.3 is 25.5 Å². The largest absolute Gasteiger partial charge is 0.465 e. The number of nitrogens with zero attached hydrogens (tertiary/aromatic N) is 3. The number of anilines is 1. The Morgan fingerprint density at radius 1 is 1.20 bits per heavy atom. The lowest BCUT2D eigenvalue weighted by atomic mass is 9.75. The van der Waals surface area contributed by atoms with Crippen molar-refractivity contribution in [1.29, 1.82) is 0 Å². The van der Waals surface area contributed by atoms with Crippen LogP contribution in [-0.4, -0.2) is 90.2 Å². The second kappa shape index (κ2) is 10.4. The molecule has 35 heavy (non-hydrogen) atoms. The topological polar surface area (TPSA) is 105 Å². The van der Waals surface area contributed by atoms with Crippen molar-refractivity contribution in [3.8, 4) is 0 Å². The van der Waals surface area contributed by atoms with Crippen molar-refractivity contribution in [3.05, 3.63) is 30.1 Å². The summed E-state index contributed by atoms with van der Waals surface area (Å²) in [5, 5.41) is 14.2. The van der Waals surface area contributed by atoms with Crippen LogP contribution in [0.15, 0.2) is 24.3 Å². The summed E-state index contributed by atoms with van der Waals surface area (Å²) >= 11 is 0. The van der Waals surface area contributed by atoms with Crippen LogP contribution in [0.3, 0.4) is 0 Å². The summed E-state index contributed by atoms with van der Waals surface area (Å²) in [7, 11) is 0. The molecule has 1 spiro atoms. The number of rotatable bonds is 6. The zero-order valence-electron chi connectivity index (χ0n) is 20.5.